The molecule has 3 rings (SSSR count). The Balaban J connectivity index is 1.52. The Morgan fingerprint density at radius 3 is 2.96 bits per heavy atom. The van der Waals surface area contributed by atoms with Gasteiger partial charge in [0.15, 0.2) is 0 Å². The van der Waals surface area contributed by atoms with Gasteiger partial charge in [-0.05, 0) is 51.4 Å². The molecule has 24 heavy (non-hydrogen) atoms. The maximum Gasteiger partial charge on any atom is 0.234 e. The van der Waals surface area contributed by atoms with E-state index in [9.17, 15) is 4.79 Å². The van der Waals surface area contributed by atoms with Gasteiger partial charge in [0.05, 0.1) is 31.0 Å². The van der Waals surface area contributed by atoms with Crippen LogP contribution in [0.3, 0.4) is 0 Å². The fourth-order valence-electron chi connectivity index (χ4n) is 3.30. The summed E-state index contributed by atoms with van der Waals surface area (Å²) < 4.78 is 2.06. The molecule has 6 nitrogen and oxygen atoms in total. The summed E-state index contributed by atoms with van der Waals surface area (Å²) >= 11 is 0. The van der Waals surface area contributed by atoms with Gasteiger partial charge >= 0.3 is 0 Å². The van der Waals surface area contributed by atoms with Gasteiger partial charge in [0.1, 0.15) is 0 Å². The van der Waals surface area contributed by atoms with E-state index in [4.69, 9.17) is 0 Å². The van der Waals surface area contributed by atoms with Gasteiger partial charge in [0.25, 0.3) is 0 Å². The molecule has 1 atom stereocenters. The minimum absolute atomic E-state index is 0.0564. The number of pyridine rings is 1. The third-order valence-electron chi connectivity index (χ3n) is 4.53. The molecule has 1 amide bonds. The molecule has 1 aliphatic heterocycles. The molecule has 0 aliphatic carbocycles. The van der Waals surface area contributed by atoms with Gasteiger partial charge in [-0.2, -0.15) is 5.10 Å². The van der Waals surface area contributed by atoms with Crippen LogP contribution < -0.4 is 5.32 Å². The predicted molar refractivity (Wildman–Crippen MR) is 92.4 cm³/mol. The Bertz CT molecular complexity index is 682. The summed E-state index contributed by atoms with van der Waals surface area (Å²) in [5, 5.41) is 7.50. The lowest BCUT2D eigenvalue weighted by Gasteiger charge is -2.24. The molecule has 0 spiro atoms. The largest absolute Gasteiger partial charge is 0.349 e. The van der Waals surface area contributed by atoms with Crippen LogP contribution in [0.5, 0.6) is 0 Å². The summed E-state index contributed by atoms with van der Waals surface area (Å²) in [5.74, 6) is 0.0564. The Morgan fingerprint density at radius 1 is 1.38 bits per heavy atom. The van der Waals surface area contributed by atoms with Crippen LogP contribution in [0.4, 0.5) is 0 Å². The highest BCUT2D eigenvalue weighted by atomic mass is 16.2. The van der Waals surface area contributed by atoms with Gasteiger partial charge in [0.2, 0.25) is 5.91 Å². The first-order chi connectivity index (χ1) is 11.6. The second kappa shape index (κ2) is 7.57. The van der Waals surface area contributed by atoms with Crippen molar-refractivity contribution in [2.45, 2.75) is 45.8 Å². The van der Waals surface area contributed by atoms with Gasteiger partial charge in [-0.25, -0.2) is 0 Å². The topological polar surface area (TPSA) is 63.1 Å². The molecule has 2 aromatic rings. The number of carbonyl (C=O) groups excluding carboxylic acids is 1. The summed E-state index contributed by atoms with van der Waals surface area (Å²) in [4.78, 5) is 18.7. The first-order valence-corrected chi connectivity index (χ1v) is 8.53. The molecule has 3 heterocycles. The van der Waals surface area contributed by atoms with Crippen LogP contribution in [-0.4, -0.2) is 44.7 Å². The molecule has 1 saturated heterocycles. The van der Waals surface area contributed by atoms with Gasteiger partial charge < -0.3 is 5.32 Å². The van der Waals surface area contributed by atoms with E-state index in [0.717, 1.165) is 37.3 Å². The highest BCUT2D eigenvalue weighted by Gasteiger charge is 2.27. The first kappa shape index (κ1) is 16.6. The zero-order valence-electron chi connectivity index (χ0n) is 14.4. The second-order valence-electron chi connectivity index (χ2n) is 6.47. The molecule has 6 heteroatoms. The molecule has 0 radical (unpaired) electrons. The maximum absolute atomic E-state index is 12.2. The zero-order chi connectivity index (χ0) is 16.9. The number of aryl methyl sites for hydroxylation is 2. The number of likely N-dealkylation sites (tertiary alicyclic amines) is 1. The monoisotopic (exact) mass is 327 g/mol. The normalized spacial score (nSPS) is 18.0. The van der Waals surface area contributed by atoms with Crippen LogP contribution >= 0.6 is 0 Å². The predicted octanol–water partition coefficient (Wildman–Crippen LogP) is 1.68. The lowest BCUT2D eigenvalue weighted by Crippen LogP contribution is -2.41. The quantitative estimate of drug-likeness (QED) is 0.877. The maximum atomic E-state index is 12.2. The third kappa shape index (κ3) is 4.20. The molecule has 1 aliphatic rings. The molecule has 1 N–H and O–H groups in total. The Morgan fingerprint density at radius 2 is 2.25 bits per heavy atom. The molecule has 128 valence electrons. The van der Waals surface area contributed by atoms with E-state index in [1.54, 1.807) is 6.20 Å². The number of hydrogen-bond donors (Lipinski definition) is 1. The van der Waals surface area contributed by atoms with Gasteiger partial charge in [-0.3, -0.25) is 19.4 Å². The van der Waals surface area contributed by atoms with Crippen molar-refractivity contribution in [3.63, 3.8) is 0 Å². The van der Waals surface area contributed by atoms with Crippen molar-refractivity contribution in [2.24, 2.45) is 0 Å². The highest BCUT2D eigenvalue weighted by molar-refractivity contribution is 5.78. The smallest absolute Gasteiger partial charge is 0.234 e. The number of hydrogen-bond acceptors (Lipinski definition) is 4. The Kier molecular flexibility index (Phi) is 5.25. The number of nitrogens with zero attached hydrogens (tertiary/aromatic N) is 4. The minimum Gasteiger partial charge on any atom is -0.349 e. The van der Waals surface area contributed by atoms with Gasteiger partial charge in [-0.1, -0.05) is 6.07 Å². The summed E-state index contributed by atoms with van der Waals surface area (Å²) in [6, 6.07) is 8.20. The average Bonchev–Trinajstić information content (AvgIpc) is 3.13. The molecular formula is C18H25N5O. The second-order valence-corrected chi connectivity index (χ2v) is 6.47. The van der Waals surface area contributed by atoms with Crippen LogP contribution in [0.25, 0.3) is 0 Å². The zero-order valence-corrected chi connectivity index (χ0v) is 14.4. The van der Waals surface area contributed by atoms with E-state index in [1.165, 1.54) is 5.69 Å². The van der Waals surface area contributed by atoms with E-state index in [-0.39, 0.29) is 5.91 Å². The fraction of sp³-hybridized carbons (Fsp3) is 0.500. The lowest BCUT2D eigenvalue weighted by atomic mass is 10.2. The molecule has 0 unspecified atom stereocenters. The molecule has 0 saturated carbocycles. The summed E-state index contributed by atoms with van der Waals surface area (Å²) in [5.41, 5.74) is 3.11. The third-order valence-corrected chi connectivity index (χ3v) is 4.53. The van der Waals surface area contributed by atoms with Crippen LogP contribution in [-0.2, 0) is 17.9 Å². The van der Waals surface area contributed by atoms with E-state index in [1.807, 2.05) is 25.1 Å². The molecular weight excluding hydrogens is 302 g/mol. The number of rotatable bonds is 6. The van der Waals surface area contributed by atoms with Crippen molar-refractivity contribution in [1.82, 2.24) is 25.0 Å². The van der Waals surface area contributed by atoms with Crippen molar-refractivity contribution in [3.8, 4) is 0 Å². The van der Waals surface area contributed by atoms with Crippen molar-refractivity contribution >= 4 is 5.91 Å². The Hall–Kier alpha value is -2.21. The highest BCUT2D eigenvalue weighted by Crippen LogP contribution is 2.19. The van der Waals surface area contributed by atoms with E-state index in [2.05, 4.69) is 38.0 Å². The SMILES string of the molecule is Cc1cc(C)n(C[C@H]2CCCN2CC(=O)NCc2ccccn2)n1. The van der Waals surface area contributed by atoms with Crippen molar-refractivity contribution in [2.75, 3.05) is 13.1 Å². The van der Waals surface area contributed by atoms with E-state index in [0.29, 0.717) is 19.1 Å². The lowest BCUT2D eigenvalue weighted by molar-refractivity contribution is -0.122. The van der Waals surface area contributed by atoms with Crippen LogP contribution in [0.15, 0.2) is 30.5 Å². The number of carbonyl (C=O) groups is 1. The molecule has 0 aromatic carbocycles. The summed E-state index contributed by atoms with van der Waals surface area (Å²) in [7, 11) is 0. The van der Waals surface area contributed by atoms with Gasteiger partial charge in [0, 0.05) is 17.9 Å². The van der Waals surface area contributed by atoms with Crippen LogP contribution in [0, 0.1) is 13.8 Å². The number of amides is 1. The fourth-order valence-corrected chi connectivity index (χ4v) is 3.30. The molecule has 1 fully saturated rings. The molecule has 0 bridgehead atoms. The number of aromatic nitrogens is 3. The van der Waals surface area contributed by atoms with Crippen molar-refractivity contribution in [1.29, 1.82) is 0 Å². The summed E-state index contributed by atoms with van der Waals surface area (Å²) in [6.45, 7) is 6.85. The first-order valence-electron chi connectivity index (χ1n) is 8.53. The van der Waals surface area contributed by atoms with Crippen molar-refractivity contribution < 1.29 is 4.79 Å². The van der Waals surface area contributed by atoms with E-state index >= 15 is 0 Å². The number of nitrogens with one attached hydrogen (secondary N) is 1. The van der Waals surface area contributed by atoms with Gasteiger partial charge in [-0.15, -0.1) is 0 Å². The van der Waals surface area contributed by atoms with Crippen LogP contribution in [0.2, 0.25) is 0 Å². The molecule has 2 aromatic heterocycles. The standard InChI is InChI=1S/C18H25N5O/c1-14-10-15(2)23(21-14)12-17-7-5-9-22(17)13-18(24)20-11-16-6-3-4-8-19-16/h3-4,6,8,10,17H,5,7,9,11-13H2,1-2H3,(H,20,24)/t17-/m1/s1. The van der Waals surface area contributed by atoms with E-state index < -0.39 is 0 Å². The van der Waals surface area contributed by atoms with Crippen LogP contribution in [0.1, 0.15) is 29.9 Å². The van der Waals surface area contributed by atoms with Crippen molar-refractivity contribution in [3.05, 3.63) is 47.5 Å². The summed E-state index contributed by atoms with van der Waals surface area (Å²) in [6.07, 6.45) is 4.00. The Labute approximate surface area is 142 Å². The minimum atomic E-state index is 0.0564. The average molecular weight is 327 g/mol.